The lowest BCUT2D eigenvalue weighted by Crippen LogP contribution is -2.21. The van der Waals surface area contributed by atoms with Gasteiger partial charge >= 0.3 is 0 Å². The van der Waals surface area contributed by atoms with E-state index in [1.165, 1.54) is 16.9 Å². The highest BCUT2D eigenvalue weighted by Gasteiger charge is 2.20. The molecule has 0 aliphatic heterocycles. The Bertz CT molecular complexity index is 1010. The van der Waals surface area contributed by atoms with Crippen LogP contribution in [0.5, 0.6) is 5.75 Å². The predicted molar refractivity (Wildman–Crippen MR) is 116 cm³/mol. The number of fused-ring (bicyclic) bond motifs is 1. The van der Waals surface area contributed by atoms with Gasteiger partial charge in [-0.25, -0.2) is 4.98 Å². The van der Waals surface area contributed by atoms with Gasteiger partial charge in [-0.15, -0.1) is 0 Å². The third-order valence-electron chi connectivity index (χ3n) is 4.18. The molecule has 0 aliphatic rings. The minimum atomic E-state index is -0.216. The summed E-state index contributed by atoms with van der Waals surface area (Å²) in [5.74, 6) is 0.503. The Morgan fingerprint density at radius 3 is 2.67 bits per heavy atom. The first-order chi connectivity index (χ1) is 12.6. The van der Waals surface area contributed by atoms with Gasteiger partial charge in [0.1, 0.15) is 5.75 Å². The number of aromatic nitrogens is 1. The van der Waals surface area contributed by atoms with Crippen molar-refractivity contribution in [1.82, 2.24) is 4.98 Å². The van der Waals surface area contributed by atoms with Crippen molar-refractivity contribution in [2.24, 2.45) is 0 Å². The molecule has 1 aromatic heterocycles. The Labute approximate surface area is 172 Å². The number of hydrogen-bond donors (Lipinski definition) is 1. The van der Waals surface area contributed by atoms with Crippen LogP contribution in [0.3, 0.4) is 0 Å². The number of carbonyl (C=O) groups excluding carboxylic acids is 1. The summed E-state index contributed by atoms with van der Waals surface area (Å²) in [7, 11) is 0. The quantitative estimate of drug-likeness (QED) is 0.535. The SMILES string of the molecule is Cc1cc(C)c2nc(NC(=O)COc3ccc(Br)cc3C(C)(C)C)sc2c1. The van der Waals surface area contributed by atoms with Gasteiger partial charge in [0.15, 0.2) is 11.7 Å². The number of nitrogens with one attached hydrogen (secondary N) is 1. The average Bonchev–Trinajstić information content (AvgIpc) is 2.95. The van der Waals surface area contributed by atoms with Crippen molar-refractivity contribution in [2.45, 2.75) is 40.0 Å². The van der Waals surface area contributed by atoms with Crippen molar-refractivity contribution in [3.63, 3.8) is 0 Å². The number of ether oxygens (including phenoxy) is 1. The van der Waals surface area contributed by atoms with Crippen molar-refractivity contribution in [3.8, 4) is 5.75 Å². The molecule has 6 heteroatoms. The van der Waals surface area contributed by atoms with Crippen molar-refractivity contribution in [3.05, 3.63) is 51.5 Å². The van der Waals surface area contributed by atoms with Gasteiger partial charge in [0.2, 0.25) is 0 Å². The Hall–Kier alpha value is -1.92. The van der Waals surface area contributed by atoms with Crippen molar-refractivity contribution in [1.29, 1.82) is 0 Å². The second-order valence-electron chi connectivity index (χ2n) is 7.67. The molecule has 0 unspecified atom stereocenters. The van der Waals surface area contributed by atoms with Crippen LogP contribution in [-0.4, -0.2) is 17.5 Å². The Morgan fingerprint density at radius 1 is 1.22 bits per heavy atom. The number of carbonyl (C=O) groups is 1. The molecule has 0 saturated carbocycles. The van der Waals surface area contributed by atoms with Gasteiger partial charge in [-0.1, -0.05) is 54.1 Å². The van der Waals surface area contributed by atoms with Gasteiger partial charge in [-0.3, -0.25) is 10.1 Å². The van der Waals surface area contributed by atoms with Crippen LogP contribution in [0.2, 0.25) is 0 Å². The highest BCUT2D eigenvalue weighted by atomic mass is 79.9. The zero-order valence-electron chi connectivity index (χ0n) is 16.1. The Balaban J connectivity index is 1.72. The van der Waals surface area contributed by atoms with Crippen molar-refractivity contribution < 1.29 is 9.53 Å². The molecule has 0 aliphatic carbocycles. The van der Waals surface area contributed by atoms with Crippen LogP contribution in [0.25, 0.3) is 10.2 Å². The first-order valence-corrected chi connectivity index (χ1v) is 10.3. The summed E-state index contributed by atoms with van der Waals surface area (Å²) in [5, 5.41) is 3.45. The van der Waals surface area contributed by atoms with Gasteiger partial charge in [-0.2, -0.15) is 0 Å². The van der Waals surface area contributed by atoms with E-state index in [0.717, 1.165) is 31.6 Å². The number of halogens is 1. The predicted octanol–water partition coefficient (Wildman–Crippen LogP) is 5.99. The molecule has 0 atom stereocenters. The summed E-state index contributed by atoms with van der Waals surface area (Å²) in [4.78, 5) is 16.9. The third-order valence-corrected chi connectivity index (χ3v) is 5.60. The number of nitrogens with zero attached hydrogens (tertiary/aromatic N) is 1. The molecule has 0 radical (unpaired) electrons. The summed E-state index contributed by atoms with van der Waals surface area (Å²) in [5.41, 5.74) is 4.20. The summed E-state index contributed by atoms with van der Waals surface area (Å²) >= 11 is 4.98. The highest BCUT2D eigenvalue weighted by molar-refractivity contribution is 9.10. The standard InChI is InChI=1S/C21H23BrN2O2S/c1-12-8-13(2)19-17(9-12)27-20(24-19)23-18(25)11-26-16-7-6-14(22)10-15(16)21(3,4)5/h6-10H,11H2,1-5H3,(H,23,24,25). The van der Waals surface area contributed by atoms with Gasteiger partial charge in [0.05, 0.1) is 10.2 Å². The summed E-state index contributed by atoms with van der Waals surface area (Å²) in [6.45, 7) is 10.4. The van der Waals surface area contributed by atoms with E-state index >= 15 is 0 Å². The second-order valence-corrected chi connectivity index (χ2v) is 9.62. The van der Waals surface area contributed by atoms with Gasteiger partial charge < -0.3 is 4.74 Å². The summed E-state index contributed by atoms with van der Waals surface area (Å²) < 4.78 is 7.88. The second kappa shape index (κ2) is 7.60. The minimum absolute atomic E-state index is 0.0569. The molecule has 0 saturated heterocycles. The van der Waals surface area contributed by atoms with E-state index in [-0.39, 0.29) is 17.9 Å². The summed E-state index contributed by atoms with van der Waals surface area (Å²) in [6.07, 6.45) is 0. The van der Waals surface area contributed by atoms with E-state index < -0.39 is 0 Å². The zero-order valence-corrected chi connectivity index (χ0v) is 18.5. The third kappa shape index (κ3) is 4.68. The smallest absolute Gasteiger partial charge is 0.264 e. The number of thiazole rings is 1. The van der Waals surface area contributed by atoms with Gasteiger partial charge in [0.25, 0.3) is 5.91 Å². The number of aryl methyl sites for hydroxylation is 2. The molecule has 0 spiro atoms. The maximum Gasteiger partial charge on any atom is 0.264 e. The lowest BCUT2D eigenvalue weighted by atomic mass is 9.86. The van der Waals surface area contributed by atoms with Crippen LogP contribution in [-0.2, 0) is 10.2 Å². The molecule has 2 aromatic carbocycles. The molecule has 4 nitrogen and oxygen atoms in total. The lowest BCUT2D eigenvalue weighted by Gasteiger charge is -2.23. The van der Waals surface area contributed by atoms with Gasteiger partial charge in [0, 0.05) is 10.0 Å². The summed E-state index contributed by atoms with van der Waals surface area (Å²) in [6, 6.07) is 10.0. The Morgan fingerprint density at radius 2 is 1.96 bits per heavy atom. The van der Waals surface area contributed by atoms with Crippen LogP contribution >= 0.6 is 27.3 Å². The average molecular weight is 447 g/mol. The highest BCUT2D eigenvalue weighted by Crippen LogP contribution is 2.34. The topological polar surface area (TPSA) is 51.2 Å². The van der Waals surface area contributed by atoms with E-state index in [1.807, 2.05) is 25.1 Å². The molecule has 0 bridgehead atoms. The normalized spacial score (nSPS) is 11.6. The first kappa shape index (κ1) is 19.8. The van der Waals surface area contributed by atoms with Crippen molar-refractivity contribution in [2.75, 3.05) is 11.9 Å². The maximum absolute atomic E-state index is 12.4. The molecule has 27 heavy (non-hydrogen) atoms. The molecule has 142 valence electrons. The zero-order chi connectivity index (χ0) is 19.8. The molecular weight excluding hydrogens is 424 g/mol. The van der Waals surface area contributed by atoms with E-state index in [4.69, 9.17) is 4.74 Å². The minimum Gasteiger partial charge on any atom is -0.483 e. The molecule has 1 heterocycles. The molecule has 1 N–H and O–H groups in total. The molecule has 1 amide bonds. The largest absolute Gasteiger partial charge is 0.483 e. The molecule has 3 aromatic rings. The molecule has 3 rings (SSSR count). The van der Waals surface area contributed by atoms with E-state index in [2.05, 4.69) is 66.1 Å². The first-order valence-electron chi connectivity index (χ1n) is 8.74. The van der Waals surface area contributed by atoms with E-state index in [1.54, 1.807) is 0 Å². The fraction of sp³-hybridized carbons (Fsp3) is 0.333. The van der Waals surface area contributed by atoms with E-state index in [0.29, 0.717) is 5.13 Å². The van der Waals surface area contributed by atoms with E-state index in [9.17, 15) is 4.79 Å². The molecule has 0 fully saturated rings. The lowest BCUT2D eigenvalue weighted by molar-refractivity contribution is -0.118. The van der Waals surface area contributed by atoms with Crippen LogP contribution in [0, 0.1) is 13.8 Å². The number of hydrogen-bond acceptors (Lipinski definition) is 4. The number of rotatable bonds is 4. The maximum atomic E-state index is 12.4. The van der Waals surface area contributed by atoms with Crippen LogP contribution in [0.4, 0.5) is 5.13 Å². The Kier molecular flexibility index (Phi) is 5.58. The fourth-order valence-corrected chi connectivity index (χ4v) is 4.36. The fourth-order valence-electron chi connectivity index (χ4n) is 2.94. The number of amides is 1. The number of benzene rings is 2. The van der Waals surface area contributed by atoms with Crippen LogP contribution in [0.1, 0.15) is 37.5 Å². The van der Waals surface area contributed by atoms with Gasteiger partial charge in [-0.05, 0) is 54.7 Å². The van der Waals surface area contributed by atoms with Crippen molar-refractivity contribution >= 4 is 48.5 Å². The van der Waals surface area contributed by atoms with Crippen LogP contribution in [0.15, 0.2) is 34.8 Å². The monoisotopic (exact) mass is 446 g/mol. The number of anilines is 1. The molecular formula is C21H23BrN2O2S. The van der Waals surface area contributed by atoms with Crippen LogP contribution < -0.4 is 10.1 Å².